The molecular weight excluding hydrogens is 555 g/mol. The molecule has 190 valence electrons. The zero-order chi connectivity index (χ0) is 26.6. The Hall–Kier alpha value is -3.23. The standard InChI is InChI=1S/C27H21Cl3N2O4S/c1-17-6-12-23(29)18(14-17)16-31-27(33)22-15-19(28)7-13-25(22)32-37(34,35)21-10-8-20(9-11-21)36-26-5-3-2-4-24(26)30/h2-15,32H,16H2,1H3,(H,31,33). The van der Waals surface area contributed by atoms with Crippen molar-refractivity contribution in [2.75, 3.05) is 4.72 Å². The predicted molar refractivity (Wildman–Crippen MR) is 148 cm³/mol. The largest absolute Gasteiger partial charge is 0.456 e. The van der Waals surface area contributed by atoms with Gasteiger partial charge in [0.15, 0.2) is 0 Å². The van der Waals surface area contributed by atoms with E-state index in [4.69, 9.17) is 39.5 Å². The van der Waals surface area contributed by atoms with Crippen molar-refractivity contribution >= 4 is 56.4 Å². The first-order valence-corrected chi connectivity index (χ1v) is 13.6. The molecule has 0 fully saturated rings. The molecule has 0 saturated carbocycles. The molecular formula is C27H21Cl3N2O4S. The first kappa shape index (κ1) is 26.8. The second-order valence-electron chi connectivity index (χ2n) is 8.08. The molecule has 0 saturated heterocycles. The van der Waals surface area contributed by atoms with Crippen molar-refractivity contribution in [3.63, 3.8) is 0 Å². The lowest BCUT2D eigenvalue weighted by atomic mass is 10.1. The number of sulfonamides is 1. The fourth-order valence-corrected chi connectivity index (χ4v) is 5.06. The molecule has 4 aromatic carbocycles. The highest BCUT2D eigenvalue weighted by molar-refractivity contribution is 7.92. The highest BCUT2D eigenvalue weighted by Gasteiger charge is 2.20. The lowest BCUT2D eigenvalue weighted by Gasteiger charge is -2.14. The molecule has 6 nitrogen and oxygen atoms in total. The first-order chi connectivity index (χ1) is 17.6. The Morgan fingerprint density at radius 3 is 2.32 bits per heavy atom. The smallest absolute Gasteiger partial charge is 0.261 e. The van der Waals surface area contributed by atoms with E-state index in [0.717, 1.165) is 11.1 Å². The molecule has 0 spiro atoms. The Balaban J connectivity index is 1.51. The van der Waals surface area contributed by atoms with Crippen molar-refractivity contribution in [3.05, 3.63) is 117 Å². The Morgan fingerprint density at radius 1 is 0.865 bits per heavy atom. The summed E-state index contributed by atoms with van der Waals surface area (Å²) in [6.07, 6.45) is 0. The highest BCUT2D eigenvalue weighted by Crippen LogP contribution is 2.30. The third-order valence-corrected chi connectivity index (χ3v) is 7.61. The number of hydrogen-bond donors (Lipinski definition) is 2. The molecule has 0 aliphatic carbocycles. The van der Waals surface area contributed by atoms with Crippen molar-refractivity contribution in [1.82, 2.24) is 5.32 Å². The lowest BCUT2D eigenvalue weighted by Crippen LogP contribution is -2.25. The van der Waals surface area contributed by atoms with Gasteiger partial charge in [0.05, 0.1) is 21.2 Å². The number of halogens is 3. The van der Waals surface area contributed by atoms with Gasteiger partial charge in [0.2, 0.25) is 0 Å². The van der Waals surface area contributed by atoms with Crippen LogP contribution in [0.2, 0.25) is 15.1 Å². The summed E-state index contributed by atoms with van der Waals surface area (Å²) in [5.41, 5.74) is 1.87. The van der Waals surface area contributed by atoms with Crippen molar-refractivity contribution < 1.29 is 17.9 Å². The van der Waals surface area contributed by atoms with Crippen LogP contribution in [0, 0.1) is 6.92 Å². The summed E-state index contributed by atoms with van der Waals surface area (Å²) in [5.74, 6) is 0.344. The number of aryl methyl sites for hydroxylation is 1. The molecule has 0 radical (unpaired) electrons. The summed E-state index contributed by atoms with van der Waals surface area (Å²) in [6, 6.07) is 22.6. The average Bonchev–Trinajstić information content (AvgIpc) is 2.87. The third-order valence-electron chi connectivity index (χ3n) is 5.31. The van der Waals surface area contributed by atoms with Crippen LogP contribution in [0.3, 0.4) is 0 Å². The summed E-state index contributed by atoms with van der Waals surface area (Å²) in [5, 5.41) is 3.99. The Morgan fingerprint density at radius 2 is 1.59 bits per heavy atom. The van der Waals surface area contributed by atoms with Crippen molar-refractivity contribution in [2.24, 2.45) is 0 Å². The molecule has 0 unspecified atom stereocenters. The molecule has 0 aromatic heterocycles. The van der Waals surface area contributed by atoms with Gasteiger partial charge in [-0.05, 0) is 73.2 Å². The van der Waals surface area contributed by atoms with Crippen LogP contribution >= 0.6 is 34.8 Å². The maximum absolute atomic E-state index is 13.1. The minimum Gasteiger partial charge on any atom is -0.456 e. The molecule has 0 heterocycles. The van der Waals surface area contributed by atoms with Crippen LogP contribution in [0.4, 0.5) is 5.69 Å². The van der Waals surface area contributed by atoms with E-state index in [2.05, 4.69) is 10.0 Å². The second-order valence-corrected chi connectivity index (χ2v) is 11.0. The zero-order valence-electron chi connectivity index (χ0n) is 19.5. The van der Waals surface area contributed by atoms with Gasteiger partial charge in [-0.15, -0.1) is 0 Å². The predicted octanol–water partition coefficient (Wildman–Crippen LogP) is 7.48. The van der Waals surface area contributed by atoms with E-state index in [1.54, 1.807) is 30.3 Å². The van der Waals surface area contributed by atoms with E-state index in [0.29, 0.717) is 21.5 Å². The number of benzene rings is 4. The summed E-state index contributed by atoms with van der Waals surface area (Å²) in [7, 11) is -4.04. The van der Waals surface area contributed by atoms with E-state index in [1.807, 2.05) is 19.1 Å². The fraction of sp³-hybridized carbons (Fsp3) is 0.0741. The van der Waals surface area contributed by atoms with Gasteiger partial charge in [-0.2, -0.15) is 0 Å². The van der Waals surface area contributed by atoms with Crippen LogP contribution in [0.15, 0.2) is 89.8 Å². The van der Waals surface area contributed by atoms with E-state index >= 15 is 0 Å². The molecule has 37 heavy (non-hydrogen) atoms. The quantitative estimate of drug-likeness (QED) is 0.228. The molecule has 1 amide bonds. The molecule has 4 aromatic rings. The minimum absolute atomic E-state index is 0.0214. The van der Waals surface area contributed by atoms with Crippen LogP contribution in [0.5, 0.6) is 11.5 Å². The van der Waals surface area contributed by atoms with Gasteiger partial charge in [-0.25, -0.2) is 8.42 Å². The topological polar surface area (TPSA) is 84.5 Å². The first-order valence-electron chi connectivity index (χ1n) is 11.0. The van der Waals surface area contributed by atoms with Crippen LogP contribution in [0.1, 0.15) is 21.5 Å². The number of anilines is 1. The van der Waals surface area contributed by atoms with Gasteiger partial charge in [0.1, 0.15) is 11.5 Å². The number of amides is 1. The summed E-state index contributed by atoms with van der Waals surface area (Å²) in [4.78, 5) is 13.0. The molecule has 0 aliphatic heterocycles. The molecule has 0 aliphatic rings. The van der Waals surface area contributed by atoms with Gasteiger partial charge >= 0.3 is 0 Å². The Bertz CT molecular complexity index is 1560. The Kier molecular flexibility index (Phi) is 8.29. The number of rotatable bonds is 8. The normalized spacial score (nSPS) is 11.1. The summed E-state index contributed by atoms with van der Waals surface area (Å²) in [6.45, 7) is 2.08. The molecule has 0 atom stereocenters. The monoisotopic (exact) mass is 574 g/mol. The van der Waals surface area contributed by atoms with E-state index in [-0.39, 0.29) is 27.7 Å². The summed E-state index contributed by atoms with van der Waals surface area (Å²) >= 11 is 18.4. The SMILES string of the molecule is Cc1ccc(Cl)c(CNC(=O)c2cc(Cl)ccc2NS(=O)(=O)c2ccc(Oc3ccccc3Cl)cc2)c1. The zero-order valence-corrected chi connectivity index (χ0v) is 22.5. The third kappa shape index (κ3) is 6.76. The average molecular weight is 576 g/mol. The van der Waals surface area contributed by atoms with Crippen molar-refractivity contribution in [3.8, 4) is 11.5 Å². The van der Waals surface area contributed by atoms with Crippen LogP contribution in [-0.2, 0) is 16.6 Å². The van der Waals surface area contributed by atoms with Gasteiger partial charge in [0.25, 0.3) is 15.9 Å². The molecule has 0 bridgehead atoms. The fourth-order valence-electron chi connectivity index (χ4n) is 3.45. The number of hydrogen-bond acceptors (Lipinski definition) is 4. The maximum atomic E-state index is 13.1. The number of carbonyl (C=O) groups excluding carboxylic acids is 1. The van der Waals surface area contributed by atoms with Crippen LogP contribution < -0.4 is 14.8 Å². The molecule has 4 rings (SSSR count). The van der Waals surface area contributed by atoms with Crippen molar-refractivity contribution in [1.29, 1.82) is 0 Å². The number of para-hydroxylation sites is 1. The maximum Gasteiger partial charge on any atom is 0.261 e. The number of carbonyl (C=O) groups is 1. The van der Waals surface area contributed by atoms with E-state index < -0.39 is 15.9 Å². The van der Waals surface area contributed by atoms with Crippen LogP contribution in [0.25, 0.3) is 0 Å². The second kappa shape index (κ2) is 11.4. The van der Waals surface area contributed by atoms with Crippen LogP contribution in [-0.4, -0.2) is 14.3 Å². The van der Waals surface area contributed by atoms with E-state index in [1.165, 1.54) is 42.5 Å². The Labute approximate surface area is 230 Å². The van der Waals surface area contributed by atoms with Gasteiger partial charge < -0.3 is 10.1 Å². The van der Waals surface area contributed by atoms with Gasteiger partial charge in [-0.1, -0.05) is 64.6 Å². The molecule has 2 N–H and O–H groups in total. The minimum atomic E-state index is -4.04. The van der Waals surface area contributed by atoms with Gasteiger partial charge in [0, 0.05) is 16.6 Å². The summed E-state index contributed by atoms with van der Waals surface area (Å²) < 4.78 is 34.4. The van der Waals surface area contributed by atoms with Crippen molar-refractivity contribution in [2.45, 2.75) is 18.4 Å². The highest BCUT2D eigenvalue weighted by atomic mass is 35.5. The van der Waals surface area contributed by atoms with E-state index in [9.17, 15) is 13.2 Å². The number of ether oxygens (including phenoxy) is 1. The lowest BCUT2D eigenvalue weighted by molar-refractivity contribution is 0.0952. The number of nitrogens with one attached hydrogen (secondary N) is 2. The van der Waals surface area contributed by atoms with Gasteiger partial charge in [-0.3, -0.25) is 9.52 Å². The molecule has 10 heteroatoms.